The van der Waals surface area contributed by atoms with E-state index in [0.29, 0.717) is 13.1 Å². The van der Waals surface area contributed by atoms with Gasteiger partial charge in [-0.05, 0) is 51.8 Å². The Morgan fingerprint density at radius 1 is 1.06 bits per heavy atom. The van der Waals surface area contributed by atoms with Gasteiger partial charge in [0, 0.05) is 38.4 Å². The number of alkyl halides is 3. The molecule has 0 aliphatic carbocycles. The second kappa shape index (κ2) is 10.1. The maximum Gasteiger partial charge on any atom is 0.416 e. The van der Waals surface area contributed by atoms with Gasteiger partial charge in [0.15, 0.2) is 0 Å². The minimum Gasteiger partial charge on any atom is -0.326 e. The van der Waals surface area contributed by atoms with Gasteiger partial charge in [0.1, 0.15) is 5.82 Å². The predicted octanol–water partition coefficient (Wildman–Crippen LogP) is 4.93. The number of hydrogen-bond acceptors (Lipinski definition) is 3. The van der Waals surface area contributed by atoms with Crippen LogP contribution in [0.25, 0.3) is 0 Å². The van der Waals surface area contributed by atoms with Crippen molar-refractivity contribution in [1.82, 2.24) is 9.80 Å². The van der Waals surface area contributed by atoms with Crippen LogP contribution in [0.5, 0.6) is 0 Å². The number of rotatable bonds is 6. The summed E-state index contributed by atoms with van der Waals surface area (Å²) in [6.45, 7) is 6.28. The second-order valence-electron chi connectivity index (χ2n) is 7.52. The fourth-order valence-corrected chi connectivity index (χ4v) is 4.03. The molecule has 1 aliphatic rings. The van der Waals surface area contributed by atoms with E-state index in [1.807, 2.05) is 4.90 Å². The van der Waals surface area contributed by atoms with Crippen LogP contribution in [0.1, 0.15) is 23.6 Å². The number of halogens is 5. The summed E-state index contributed by atoms with van der Waals surface area (Å²) in [5.74, 6) is -1.15. The number of piperazine rings is 1. The predicted molar refractivity (Wildman–Crippen MR) is 115 cm³/mol. The lowest BCUT2D eigenvalue weighted by molar-refractivity contribution is -0.138. The Kier molecular flexibility index (Phi) is 7.72. The van der Waals surface area contributed by atoms with Crippen molar-refractivity contribution in [1.29, 1.82) is 0 Å². The van der Waals surface area contributed by atoms with E-state index in [4.69, 9.17) is 0 Å². The van der Waals surface area contributed by atoms with E-state index < -0.39 is 23.5 Å². The maximum atomic E-state index is 14.1. The minimum atomic E-state index is -4.54. The van der Waals surface area contributed by atoms with Gasteiger partial charge in [-0.25, -0.2) is 4.39 Å². The lowest BCUT2D eigenvalue weighted by Gasteiger charge is -2.34. The summed E-state index contributed by atoms with van der Waals surface area (Å²) in [5.41, 5.74) is -0.400. The first-order valence-electron chi connectivity index (χ1n) is 10.0. The van der Waals surface area contributed by atoms with Gasteiger partial charge in [-0.3, -0.25) is 9.69 Å². The molecule has 0 spiro atoms. The molecule has 1 fully saturated rings. The molecule has 31 heavy (non-hydrogen) atoms. The third-order valence-electron chi connectivity index (χ3n) is 5.39. The van der Waals surface area contributed by atoms with Gasteiger partial charge in [0.2, 0.25) is 5.91 Å². The smallest absolute Gasteiger partial charge is 0.326 e. The molecule has 9 heteroatoms. The molecule has 0 atom stereocenters. The van der Waals surface area contributed by atoms with Crippen LogP contribution in [0.2, 0.25) is 0 Å². The van der Waals surface area contributed by atoms with Crippen molar-refractivity contribution in [3.8, 4) is 0 Å². The zero-order valence-electron chi connectivity index (χ0n) is 17.1. The molecular weight excluding hydrogens is 478 g/mol. The Bertz CT molecular complexity index is 927. The van der Waals surface area contributed by atoms with E-state index in [-0.39, 0.29) is 34.3 Å². The molecule has 0 aromatic heterocycles. The highest BCUT2D eigenvalue weighted by molar-refractivity contribution is 9.10. The fraction of sp³-hybridized carbons (Fsp3) is 0.409. The van der Waals surface area contributed by atoms with Crippen molar-refractivity contribution < 1.29 is 22.4 Å². The number of carbonyl (C=O) groups excluding carboxylic acids is 1. The van der Waals surface area contributed by atoms with Gasteiger partial charge < -0.3 is 10.2 Å². The van der Waals surface area contributed by atoms with Crippen molar-refractivity contribution in [3.05, 3.63) is 63.4 Å². The van der Waals surface area contributed by atoms with Crippen molar-refractivity contribution in [2.24, 2.45) is 0 Å². The van der Waals surface area contributed by atoms with Gasteiger partial charge in [-0.1, -0.05) is 25.1 Å². The molecular formula is C22H24BrF4N3O. The lowest BCUT2D eigenvalue weighted by atomic mass is 10.0. The Hall–Kier alpha value is -1.97. The van der Waals surface area contributed by atoms with E-state index in [2.05, 4.69) is 33.1 Å². The molecule has 1 N–H and O–H groups in total. The maximum absolute atomic E-state index is 14.1. The molecule has 0 bridgehead atoms. The van der Waals surface area contributed by atoms with Crippen molar-refractivity contribution >= 4 is 27.5 Å². The van der Waals surface area contributed by atoms with Crippen LogP contribution in [-0.2, 0) is 23.9 Å². The summed E-state index contributed by atoms with van der Waals surface area (Å²) in [4.78, 5) is 16.5. The molecule has 0 unspecified atom stereocenters. The largest absolute Gasteiger partial charge is 0.416 e. The Morgan fingerprint density at radius 2 is 1.74 bits per heavy atom. The van der Waals surface area contributed by atoms with E-state index in [1.165, 1.54) is 24.3 Å². The summed E-state index contributed by atoms with van der Waals surface area (Å²) in [6.07, 6.45) is -4.83. The van der Waals surface area contributed by atoms with Crippen molar-refractivity contribution in [3.63, 3.8) is 0 Å². The third-order valence-corrected chi connectivity index (χ3v) is 6.00. The molecule has 0 saturated carbocycles. The SMILES string of the molecule is CCN1CCN(Cc2ccc(NC(=O)Cc3cccc(Br)c3F)cc2C(F)(F)F)CC1. The molecule has 2 aromatic carbocycles. The number of carbonyl (C=O) groups is 1. The highest BCUT2D eigenvalue weighted by atomic mass is 79.9. The topological polar surface area (TPSA) is 35.6 Å². The number of likely N-dealkylation sites (N-methyl/N-ethyl adjacent to an activating group) is 1. The van der Waals surface area contributed by atoms with Gasteiger partial charge in [0.25, 0.3) is 0 Å². The van der Waals surface area contributed by atoms with Crippen LogP contribution in [-0.4, -0.2) is 48.4 Å². The van der Waals surface area contributed by atoms with E-state index in [0.717, 1.165) is 25.7 Å². The first-order chi connectivity index (χ1) is 14.7. The monoisotopic (exact) mass is 501 g/mol. The van der Waals surface area contributed by atoms with E-state index in [1.54, 1.807) is 6.07 Å². The van der Waals surface area contributed by atoms with Crippen LogP contribution in [0.15, 0.2) is 40.9 Å². The van der Waals surface area contributed by atoms with Crippen molar-refractivity contribution in [2.75, 3.05) is 38.0 Å². The Morgan fingerprint density at radius 3 is 2.39 bits per heavy atom. The average molecular weight is 502 g/mol. The lowest BCUT2D eigenvalue weighted by Crippen LogP contribution is -2.45. The molecule has 1 aliphatic heterocycles. The van der Waals surface area contributed by atoms with E-state index >= 15 is 0 Å². The molecule has 168 valence electrons. The van der Waals surface area contributed by atoms with Gasteiger partial charge in [-0.2, -0.15) is 13.2 Å². The Balaban J connectivity index is 1.72. The Labute approximate surface area is 187 Å². The second-order valence-corrected chi connectivity index (χ2v) is 8.37. The third kappa shape index (κ3) is 6.27. The highest BCUT2D eigenvalue weighted by Crippen LogP contribution is 2.34. The molecule has 1 saturated heterocycles. The van der Waals surface area contributed by atoms with Gasteiger partial charge in [0.05, 0.1) is 16.5 Å². The fourth-order valence-electron chi connectivity index (χ4n) is 3.62. The number of nitrogens with one attached hydrogen (secondary N) is 1. The number of amides is 1. The molecule has 3 rings (SSSR count). The first kappa shape index (κ1) is 23.7. The van der Waals surface area contributed by atoms with Crippen LogP contribution in [0, 0.1) is 5.82 Å². The summed E-state index contributed by atoms with van der Waals surface area (Å²) in [6, 6.07) is 8.38. The average Bonchev–Trinajstić information content (AvgIpc) is 2.72. The summed E-state index contributed by atoms with van der Waals surface area (Å²) in [7, 11) is 0. The number of nitrogens with zero attached hydrogens (tertiary/aromatic N) is 2. The highest BCUT2D eigenvalue weighted by Gasteiger charge is 2.34. The number of benzene rings is 2. The van der Waals surface area contributed by atoms with Crippen LogP contribution in [0.4, 0.5) is 23.2 Å². The first-order valence-corrected chi connectivity index (χ1v) is 10.8. The molecule has 2 aromatic rings. The molecule has 4 nitrogen and oxygen atoms in total. The molecule has 0 radical (unpaired) electrons. The summed E-state index contributed by atoms with van der Waals surface area (Å²) >= 11 is 3.05. The standard InChI is InChI=1S/C22H24BrF4N3O/c1-2-29-8-10-30(11-9-29)14-16-6-7-17(13-18(16)22(25,26)27)28-20(31)12-15-4-3-5-19(23)21(15)24/h3-7,13H,2,8-12,14H2,1H3,(H,28,31). The number of hydrogen-bond donors (Lipinski definition) is 1. The normalized spacial score (nSPS) is 15.8. The van der Waals surface area contributed by atoms with Gasteiger partial charge in [-0.15, -0.1) is 0 Å². The zero-order valence-corrected chi connectivity index (χ0v) is 18.7. The van der Waals surface area contributed by atoms with Crippen LogP contribution < -0.4 is 5.32 Å². The zero-order chi connectivity index (χ0) is 22.6. The number of anilines is 1. The van der Waals surface area contributed by atoms with Crippen LogP contribution >= 0.6 is 15.9 Å². The molecule has 1 heterocycles. The van der Waals surface area contributed by atoms with E-state index in [9.17, 15) is 22.4 Å². The van der Waals surface area contributed by atoms with Crippen molar-refractivity contribution in [2.45, 2.75) is 26.1 Å². The summed E-state index contributed by atoms with van der Waals surface area (Å²) in [5, 5.41) is 2.45. The van der Waals surface area contributed by atoms with Crippen LogP contribution in [0.3, 0.4) is 0 Å². The quantitative estimate of drug-likeness (QED) is 0.570. The summed E-state index contributed by atoms with van der Waals surface area (Å²) < 4.78 is 55.3. The van der Waals surface area contributed by atoms with Gasteiger partial charge >= 0.3 is 6.18 Å². The molecule has 1 amide bonds. The minimum absolute atomic E-state index is 0.0345.